The standard InChI is InChI=1S/C15H22BrNO/c1-10(2)14-12(15(17)6-4-5-7-15)8-11(16)9-13(14)18-3/h8-10H,4-7,17H2,1-3H3. The third kappa shape index (κ3) is 2.43. The molecule has 1 aromatic carbocycles. The Morgan fingerprint density at radius 3 is 2.39 bits per heavy atom. The van der Waals surface area contributed by atoms with Crippen molar-refractivity contribution in [3.05, 3.63) is 27.7 Å². The average molecular weight is 312 g/mol. The van der Waals surface area contributed by atoms with Crippen LogP contribution in [0, 0.1) is 0 Å². The van der Waals surface area contributed by atoms with Crippen molar-refractivity contribution < 1.29 is 4.74 Å². The Kier molecular flexibility index (Phi) is 4.02. The first-order valence-corrected chi connectivity index (χ1v) is 7.44. The molecule has 100 valence electrons. The van der Waals surface area contributed by atoms with E-state index in [-0.39, 0.29) is 5.54 Å². The van der Waals surface area contributed by atoms with Crippen molar-refractivity contribution in [1.29, 1.82) is 0 Å². The van der Waals surface area contributed by atoms with Crippen LogP contribution in [0.3, 0.4) is 0 Å². The van der Waals surface area contributed by atoms with E-state index in [9.17, 15) is 0 Å². The van der Waals surface area contributed by atoms with E-state index in [0.29, 0.717) is 5.92 Å². The zero-order valence-electron chi connectivity index (χ0n) is 11.4. The lowest BCUT2D eigenvalue weighted by Crippen LogP contribution is -2.34. The van der Waals surface area contributed by atoms with Crippen LogP contribution in [0.15, 0.2) is 16.6 Å². The summed E-state index contributed by atoms with van der Waals surface area (Å²) in [5.74, 6) is 1.37. The first kappa shape index (κ1) is 13.9. The first-order chi connectivity index (χ1) is 8.48. The highest BCUT2D eigenvalue weighted by Crippen LogP contribution is 2.44. The van der Waals surface area contributed by atoms with Crippen LogP contribution in [-0.4, -0.2) is 7.11 Å². The molecule has 0 aliphatic heterocycles. The first-order valence-electron chi connectivity index (χ1n) is 6.65. The lowest BCUT2D eigenvalue weighted by atomic mass is 9.82. The molecule has 0 bridgehead atoms. The maximum Gasteiger partial charge on any atom is 0.123 e. The van der Waals surface area contributed by atoms with Gasteiger partial charge in [-0.25, -0.2) is 0 Å². The van der Waals surface area contributed by atoms with E-state index in [1.165, 1.54) is 24.0 Å². The highest BCUT2D eigenvalue weighted by molar-refractivity contribution is 9.10. The highest BCUT2D eigenvalue weighted by Gasteiger charge is 2.35. The van der Waals surface area contributed by atoms with Gasteiger partial charge in [0, 0.05) is 15.6 Å². The molecule has 0 saturated heterocycles. The average Bonchev–Trinajstić information content (AvgIpc) is 2.75. The number of halogens is 1. The lowest BCUT2D eigenvalue weighted by molar-refractivity contribution is 0.397. The molecule has 0 aromatic heterocycles. The summed E-state index contributed by atoms with van der Waals surface area (Å²) in [5, 5.41) is 0. The summed E-state index contributed by atoms with van der Waals surface area (Å²) in [6.07, 6.45) is 4.60. The molecule has 2 rings (SSSR count). The van der Waals surface area contributed by atoms with E-state index in [1.54, 1.807) is 7.11 Å². The van der Waals surface area contributed by atoms with Crippen LogP contribution < -0.4 is 10.5 Å². The molecule has 0 radical (unpaired) electrons. The van der Waals surface area contributed by atoms with Gasteiger partial charge in [-0.2, -0.15) is 0 Å². The molecule has 1 aliphatic rings. The van der Waals surface area contributed by atoms with Gasteiger partial charge in [0.1, 0.15) is 5.75 Å². The van der Waals surface area contributed by atoms with Crippen LogP contribution >= 0.6 is 15.9 Å². The highest BCUT2D eigenvalue weighted by atomic mass is 79.9. The number of hydrogen-bond donors (Lipinski definition) is 1. The van der Waals surface area contributed by atoms with Crippen molar-refractivity contribution >= 4 is 15.9 Å². The summed E-state index contributed by atoms with van der Waals surface area (Å²) >= 11 is 3.57. The zero-order chi connectivity index (χ0) is 13.3. The predicted molar refractivity (Wildman–Crippen MR) is 79.1 cm³/mol. The molecule has 2 nitrogen and oxygen atoms in total. The number of ether oxygens (including phenoxy) is 1. The Balaban J connectivity index is 2.60. The third-order valence-corrected chi connectivity index (χ3v) is 4.39. The number of methoxy groups -OCH3 is 1. The molecule has 2 N–H and O–H groups in total. The SMILES string of the molecule is COc1cc(Br)cc(C2(N)CCCC2)c1C(C)C. The Morgan fingerprint density at radius 2 is 1.89 bits per heavy atom. The summed E-state index contributed by atoms with van der Waals surface area (Å²) in [6, 6.07) is 4.22. The van der Waals surface area contributed by atoms with Crippen molar-refractivity contribution in [2.45, 2.75) is 51.0 Å². The van der Waals surface area contributed by atoms with Crippen molar-refractivity contribution in [2.75, 3.05) is 7.11 Å². The second-order valence-corrected chi connectivity index (χ2v) is 6.50. The Bertz CT molecular complexity index is 436. The van der Waals surface area contributed by atoms with Gasteiger partial charge in [0.15, 0.2) is 0 Å². The topological polar surface area (TPSA) is 35.2 Å². The monoisotopic (exact) mass is 311 g/mol. The maximum atomic E-state index is 6.64. The van der Waals surface area contributed by atoms with E-state index in [0.717, 1.165) is 23.1 Å². The van der Waals surface area contributed by atoms with Crippen molar-refractivity contribution in [2.24, 2.45) is 5.73 Å². The summed E-state index contributed by atoms with van der Waals surface area (Å²) in [5.41, 5.74) is 9.00. The second-order valence-electron chi connectivity index (χ2n) is 5.59. The molecule has 18 heavy (non-hydrogen) atoms. The molecule has 3 heteroatoms. The Hall–Kier alpha value is -0.540. The molecule has 0 atom stereocenters. The van der Waals surface area contributed by atoms with E-state index < -0.39 is 0 Å². The summed E-state index contributed by atoms with van der Waals surface area (Å²) in [6.45, 7) is 4.40. The fourth-order valence-corrected chi connectivity index (χ4v) is 3.48. The number of benzene rings is 1. The smallest absolute Gasteiger partial charge is 0.123 e. The molecular formula is C15H22BrNO. The minimum Gasteiger partial charge on any atom is -0.496 e. The number of nitrogens with two attached hydrogens (primary N) is 1. The van der Waals surface area contributed by atoms with E-state index in [2.05, 4.69) is 35.8 Å². The lowest BCUT2D eigenvalue weighted by Gasteiger charge is -2.30. The predicted octanol–water partition coefficient (Wildman–Crippen LogP) is 4.31. The fraction of sp³-hybridized carbons (Fsp3) is 0.600. The van der Waals surface area contributed by atoms with E-state index in [4.69, 9.17) is 10.5 Å². The van der Waals surface area contributed by atoms with Gasteiger partial charge in [-0.05, 0) is 36.5 Å². The fourth-order valence-electron chi connectivity index (χ4n) is 3.04. The van der Waals surface area contributed by atoms with Crippen molar-refractivity contribution in [3.63, 3.8) is 0 Å². The van der Waals surface area contributed by atoms with Crippen LogP contribution in [0.5, 0.6) is 5.75 Å². The Morgan fingerprint density at radius 1 is 1.28 bits per heavy atom. The molecule has 0 amide bonds. The molecular weight excluding hydrogens is 290 g/mol. The van der Waals surface area contributed by atoms with Crippen LogP contribution in [0.4, 0.5) is 0 Å². The van der Waals surface area contributed by atoms with Crippen LogP contribution in [0.2, 0.25) is 0 Å². The molecule has 0 spiro atoms. The zero-order valence-corrected chi connectivity index (χ0v) is 13.0. The minimum absolute atomic E-state index is 0.170. The molecule has 1 fully saturated rings. The summed E-state index contributed by atoms with van der Waals surface area (Å²) in [4.78, 5) is 0. The van der Waals surface area contributed by atoms with Gasteiger partial charge in [0.2, 0.25) is 0 Å². The normalized spacial score (nSPS) is 18.3. The summed E-state index contributed by atoms with van der Waals surface area (Å²) < 4.78 is 6.60. The number of hydrogen-bond acceptors (Lipinski definition) is 2. The quantitative estimate of drug-likeness (QED) is 0.902. The van der Waals surface area contributed by atoms with Crippen LogP contribution in [0.25, 0.3) is 0 Å². The van der Waals surface area contributed by atoms with Gasteiger partial charge < -0.3 is 10.5 Å². The van der Waals surface area contributed by atoms with Gasteiger partial charge in [0.05, 0.1) is 7.11 Å². The van der Waals surface area contributed by atoms with Gasteiger partial charge in [0.25, 0.3) is 0 Å². The van der Waals surface area contributed by atoms with Crippen molar-refractivity contribution in [3.8, 4) is 5.75 Å². The van der Waals surface area contributed by atoms with E-state index in [1.807, 2.05) is 6.07 Å². The third-order valence-electron chi connectivity index (χ3n) is 3.94. The molecule has 1 aliphatic carbocycles. The summed E-state index contributed by atoms with van der Waals surface area (Å²) in [7, 11) is 1.73. The Labute approximate surface area is 118 Å². The van der Waals surface area contributed by atoms with Gasteiger partial charge >= 0.3 is 0 Å². The molecule has 1 aromatic rings. The number of rotatable bonds is 3. The van der Waals surface area contributed by atoms with Gasteiger partial charge in [-0.15, -0.1) is 0 Å². The van der Waals surface area contributed by atoms with Gasteiger partial charge in [-0.3, -0.25) is 0 Å². The van der Waals surface area contributed by atoms with Crippen LogP contribution in [-0.2, 0) is 5.54 Å². The van der Waals surface area contributed by atoms with E-state index >= 15 is 0 Å². The second kappa shape index (κ2) is 5.22. The molecule has 0 unspecified atom stereocenters. The van der Waals surface area contributed by atoms with Crippen molar-refractivity contribution in [1.82, 2.24) is 0 Å². The minimum atomic E-state index is -0.170. The van der Waals surface area contributed by atoms with Gasteiger partial charge in [-0.1, -0.05) is 42.6 Å². The maximum absolute atomic E-state index is 6.64. The largest absolute Gasteiger partial charge is 0.496 e. The molecule has 0 heterocycles. The molecule has 1 saturated carbocycles. The van der Waals surface area contributed by atoms with Crippen LogP contribution in [0.1, 0.15) is 56.6 Å².